The summed E-state index contributed by atoms with van der Waals surface area (Å²) in [6, 6.07) is 8.58. The molecule has 0 spiro atoms. The van der Waals surface area contributed by atoms with Crippen LogP contribution in [0.2, 0.25) is 0 Å². The van der Waals surface area contributed by atoms with Crippen LogP contribution in [-0.4, -0.2) is 38.8 Å². The van der Waals surface area contributed by atoms with Crippen molar-refractivity contribution in [2.75, 3.05) is 24.7 Å². The number of carbonyl (C=O) groups excluding carboxylic acids is 1. The molecule has 0 unspecified atom stereocenters. The first kappa shape index (κ1) is 20.2. The average Bonchev–Trinajstić information content (AvgIpc) is 3.34. The summed E-state index contributed by atoms with van der Waals surface area (Å²) in [6.45, 7) is 4.46. The normalized spacial score (nSPS) is 9.93. The van der Waals surface area contributed by atoms with Crippen LogP contribution in [0.5, 0.6) is 5.75 Å². The molecule has 0 aliphatic rings. The number of furan rings is 1. The minimum Gasteiger partial charge on any atom is -0.505 e. The van der Waals surface area contributed by atoms with Gasteiger partial charge in [-0.2, -0.15) is 8.75 Å². The second-order valence-electron chi connectivity index (χ2n) is 5.42. The third kappa shape index (κ3) is 4.98. The third-order valence-electron chi connectivity index (χ3n) is 3.42. The van der Waals surface area contributed by atoms with Crippen molar-refractivity contribution < 1.29 is 14.3 Å². The third-order valence-corrected chi connectivity index (χ3v) is 3.95. The van der Waals surface area contributed by atoms with Crippen molar-refractivity contribution in [2.45, 2.75) is 20.4 Å². The molecule has 8 nitrogen and oxygen atoms in total. The van der Waals surface area contributed by atoms with E-state index in [1.165, 1.54) is 4.90 Å². The predicted octanol–water partition coefficient (Wildman–Crippen LogP) is 3.92. The average molecular weight is 389 g/mol. The monoisotopic (exact) mass is 389 g/mol. The predicted molar refractivity (Wildman–Crippen MR) is 107 cm³/mol. The molecule has 0 aliphatic heterocycles. The van der Waals surface area contributed by atoms with E-state index in [1.807, 2.05) is 19.9 Å². The molecule has 0 saturated carbocycles. The molecular formula is C18H23N5O3S. The van der Waals surface area contributed by atoms with Crippen molar-refractivity contribution in [2.24, 2.45) is 0 Å². The summed E-state index contributed by atoms with van der Waals surface area (Å²) >= 11 is 1.03. The Balaban J connectivity index is 0.00000126. The number of aromatic hydroxyl groups is 1. The molecule has 3 aromatic rings. The van der Waals surface area contributed by atoms with Gasteiger partial charge in [-0.05, 0) is 24.3 Å². The van der Waals surface area contributed by atoms with Gasteiger partial charge < -0.3 is 25.1 Å². The second-order valence-corrected chi connectivity index (χ2v) is 5.95. The van der Waals surface area contributed by atoms with E-state index in [0.717, 1.165) is 17.5 Å². The van der Waals surface area contributed by atoms with Crippen molar-refractivity contribution in [1.82, 2.24) is 13.6 Å². The number of anilines is 3. The van der Waals surface area contributed by atoms with Crippen LogP contribution >= 0.6 is 11.7 Å². The molecule has 0 fully saturated rings. The summed E-state index contributed by atoms with van der Waals surface area (Å²) in [7, 11) is 3.26. The molecular weight excluding hydrogens is 366 g/mol. The first-order valence-corrected chi connectivity index (χ1v) is 9.18. The van der Waals surface area contributed by atoms with Gasteiger partial charge in [0.2, 0.25) is 0 Å². The smallest absolute Gasteiger partial charge is 0.257 e. The van der Waals surface area contributed by atoms with Gasteiger partial charge in [0.15, 0.2) is 17.4 Å². The summed E-state index contributed by atoms with van der Waals surface area (Å²) in [5, 5.41) is 16.5. The molecule has 3 N–H and O–H groups in total. The van der Waals surface area contributed by atoms with Gasteiger partial charge in [0.1, 0.15) is 5.76 Å². The van der Waals surface area contributed by atoms with Crippen LogP contribution in [0.25, 0.3) is 0 Å². The van der Waals surface area contributed by atoms with Crippen LogP contribution in [0, 0.1) is 0 Å². The van der Waals surface area contributed by atoms with Crippen LogP contribution in [0.15, 0.2) is 41.0 Å². The molecule has 0 aliphatic carbocycles. The van der Waals surface area contributed by atoms with Crippen LogP contribution in [0.4, 0.5) is 17.3 Å². The Hall–Kier alpha value is -3.07. The van der Waals surface area contributed by atoms with E-state index in [4.69, 9.17) is 4.42 Å². The summed E-state index contributed by atoms with van der Waals surface area (Å²) in [4.78, 5) is 13.5. The number of para-hydroxylation sites is 1. The fraction of sp³-hybridized carbons (Fsp3) is 0.278. The van der Waals surface area contributed by atoms with Crippen molar-refractivity contribution in [3.8, 4) is 5.75 Å². The summed E-state index contributed by atoms with van der Waals surface area (Å²) in [6.07, 6.45) is 1.60. The van der Waals surface area contributed by atoms with Gasteiger partial charge in [-0.15, -0.1) is 0 Å². The molecule has 0 radical (unpaired) electrons. The van der Waals surface area contributed by atoms with Gasteiger partial charge in [-0.1, -0.05) is 19.9 Å². The highest BCUT2D eigenvalue weighted by Gasteiger charge is 2.17. The number of hydrogen-bond acceptors (Lipinski definition) is 8. The number of phenols is 1. The number of hydrogen-bond donors (Lipinski definition) is 3. The zero-order valence-electron chi connectivity index (χ0n) is 15.7. The number of phenolic OH excluding ortho intramolecular Hbond substituents is 1. The van der Waals surface area contributed by atoms with E-state index in [2.05, 4.69) is 19.4 Å². The molecule has 2 heterocycles. The molecule has 1 aromatic carbocycles. The number of nitrogens with zero attached hydrogens (tertiary/aromatic N) is 3. The van der Waals surface area contributed by atoms with Crippen LogP contribution < -0.4 is 10.6 Å². The number of benzene rings is 1. The molecule has 2 aromatic heterocycles. The van der Waals surface area contributed by atoms with Crippen LogP contribution in [0.3, 0.4) is 0 Å². The fourth-order valence-corrected chi connectivity index (χ4v) is 2.64. The van der Waals surface area contributed by atoms with E-state index in [0.29, 0.717) is 23.9 Å². The number of nitrogens with one attached hydrogen (secondary N) is 2. The lowest BCUT2D eigenvalue weighted by atomic mass is 10.1. The maximum absolute atomic E-state index is 12.1. The van der Waals surface area contributed by atoms with E-state index in [1.54, 1.807) is 44.6 Å². The van der Waals surface area contributed by atoms with Gasteiger partial charge >= 0.3 is 0 Å². The van der Waals surface area contributed by atoms with E-state index in [-0.39, 0.29) is 17.2 Å². The zero-order valence-corrected chi connectivity index (χ0v) is 16.5. The first-order chi connectivity index (χ1) is 13.1. The van der Waals surface area contributed by atoms with Crippen molar-refractivity contribution in [1.29, 1.82) is 0 Å². The fourth-order valence-electron chi connectivity index (χ4n) is 2.16. The summed E-state index contributed by atoms with van der Waals surface area (Å²) in [5.74, 6) is 1.34. The first-order valence-electron chi connectivity index (χ1n) is 8.45. The minimum atomic E-state index is -0.284. The minimum absolute atomic E-state index is 0.133. The molecule has 3 rings (SSSR count). The highest BCUT2D eigenvalue weighted by Crippen LogP contribution is 2.32. The lowest BCUT2D eigenvalue weighted by molar-refractivity contribution is 0.0824. The molecule has 1 amide bonds. The number of rotatable bonds is 6. The standard InChI is InChI=1S/C16H17N5O3S.C2H6/c1-21(2)16(23)11-6-3-7-12(13(11)22)18-15-14(19-25-20-15)17-9-10-5-4-8-24-10;1-2/h3-8,22H,9H2,1-2H3,(H,17,19)(H,18,20);1-2H3. The van der Waals surface area contributed by atoms with Gasteiger partial charge in [0.05, 0.1) is 35.8 Å². The van der Waals surface area contributed by atoms with Crippen molar-refractivity contribution in [3.05, 3.63) is 47.9 Å². The maximum Gasteiger partial charge on any atom is 0.257 e. The quantitative estimate of drug-likeness (QED) is 0.549. The molecule has 144 valence electrons. The molecule has 27 heavy (non-hydrogen) atoms. The lowest BCUT2D eigenvalue weighted by Crippen LogP contribution is -2.21. The highest BCUT2D eigenvalue weighted by atomic mass is 32.1. The van der Waals surface area contributed by atoms with Crippen molar-refractivity contribution in [3.63, 3.8) is 0 Å². The molecule has 0 atom stereocenters. The van der Waals surface area contributed by atoms with Gasteiger partial charge in [-0.25, -0.2) is 0 Å². The number of carbonyl (C=O) groups is 1. The number of amides is 1. The Morgan fingerprint density at radius 1 is 1.19 bits per heavy atom. The highest BCUT2D eigenvalue weighted by molar-refractivity contribution is 6.99. The Kier molecular flexibility index (Phi) is 7.18. The Bertz CT molecular complexity index is 862. The molecule has 0 saturated heterocycles. The largest absolute Gasteiger partial charge is 0.505 e. The summed E-state index contributed by atoms with van der Waals surface area (Å²) in [5.41, 5.74) is 0.588. The maximum atomic E-state index is 12.1. The van der Waals surface area contributed by atoms with Gasteiger partial charge in [0.25, 0.3) is 5.91 Å². The van der Waals surface area contributed by atoms with E-state index >= 15 is 0 Å². The second kappa shape index (κ2) is 9.58. The Labute approximate surface area is 162 Å². The molecule has 0 bridgehead atoms. The van der Waals surface area contributed by atoms with Crippen LogP contribution in [-0.2, 0) is 6.54 Å². The summed E-state index contributed by atoms with van der Waals surface area (Å²) < 4.78 is 13.6. The van der Waals surface area contributed by atoms with E-state index < -0.39 is 0 Å². The lowest BCUT2D eigenvalue weighted by Gasteiger charge is -2.14. The van der Waals surface area contributed by atoms with Gasteiger partial charge in [-0.3, -0.25) is 4.79 Å². The van der Waals surface area contributed by atoms with Crippen molar-refractivity contribution >= 4 is 35.0 Å². The van der Waals surface area contributed by atoms with E-state index in [9.17, 15) is 9.90 Å². The zero-order chi connectivity index (χ0) is 19.8. The Morgan fingerprint density at radius 3 is 2.59 bits per heavy atom. The van der Waals surface area contributed by atoms with Gasteiger partial charge in [0, 0.05) is 14.1 Å². The molecule has 9 heteroatoms. The Morgan fingerprint density at radius 2 is 1.93 bits per heavy atom. The topological polar surface area (TPSA) is 104 Å². The number of aromatic nitrogens is 2. The van der Waals surface area contributed by atoms with Crippen LogP contribution in [0.1, 0.15) is 30.0 Å². The SMILES string of the molecule is CC.CN(C)C(=O)c1cccc(Nc2nsnc2NCc2ccco2)c1O.